The van der Waals surface area contributed by atoms with Crippen molar-refractivity contribution in [3.63, 3.8) is 0 Å². The average molecular weight is 340 g/mol. The fourth-order valence-corrected chi connectivity index (χ4v) is 3.51. The first-order chi connectivity index (χ1) is 11.7. The van der Waals surface area contributed by atoms with Crippen LogP contribution >= 0.6 is 11.3 Å². The van der Waals surface area contributed by atoms with Crippen LogP contribution in [0.3, 0.4) is 0 Å². The minimum atomic E-state index is -0.131. The molecule has 2 N–H and O–H groups in total. The Morgan fingerprint density at radius 1 is 1.33 bits per heavy atom. The first-order valence-electron chi connectivity index (χ1n) is 8.04. The second-order valence-corrected chi connectivity index (χ2v) is 6.75. The molecular weight excluding hydrogens is 320 g/mol. The molecule has 0 radical (unpaired) electrons. The Kier molecular flexibility index (Phi) is 5.47. The summed E-state index contributed by atoms with van der Waals surface area (Å²) >= 11 is 1.56. The molecule has 0 bridgehead atoms. The molecule has 0 saturated carbocycles. The highest BCUT2D eigenvalue weighted by Crippen LogP contribution is 2.16. The van der Waals surface area contributed by atoms with Gasteiger partial charge in [-0.05, 0) is 42.0 Å². The quantitative estimate of drug-likeness (QED) is 0.896. The Hall–Kier alpha value is -2.36. The van der Waals surface area contributed by atoms with Crippen molar-refractivity contribution in [2.24, 2.45) is 0 Å². The van der Waals surface area contributed by atoms with Gasteiger partial charge in [0.2, 0.25) is 0 Å². The van der Waals surface area contributed by atoms with Gasteiger partial charge in [-0.15, -0.1) is 0 Å². The highest BCUT2D eigenvalue weighted by Gasteiger charge is 2.20. The number of carbonyl (C=O) groups is 1. The zero-order valence-corrected chi connectivity index (χ0v) is 14.2. The van der Waals surface area contributed by atoms with Crippen LogP contribution in [-0.4, -0.2) is 30.1 Å². The van der Waals surface area contributed by atoms with Gasteiger partial charge in [0.25, 0.3) is 0 Å². The van der Waals surface area contributed by atoms with Gasteiger partial charge in [0, 0.05) is 31.1 Å². The van der Waals surface area contributed by atoms with Gasteiger partial charge in [0.05, 0.1) is 17.3 Å². The lowest BCUT2D eigenvalue weighted by Gasteiger charge is -2.32. The summed E-state index contributed by atoms with van der Waals surface area (Å²) in [6.45, 7) is 2.74. The van der Waals surface area contributed by atoms with Gasteiger partial charge in [-0.25, -0.2) is 4.79 Å². The maximum absolute atomic E-state index is 12.0. The second kappa shape index (κ2) is 7.95. The number of rotatable bonds is 4. The first-order valence-corrected chi connectivity index (χ1v) is 8.98. The summed E-state index contributed by atoms with van der Waals surface area (Å²) in [4.78, 5) is 14.3. The van der Waals surface area contributed by atoms with Crippen LogP contribution in [0.2, 0.25) is 0 Å². The molecule has 1 aromatic heterocycles. The highest BCUT2D eigenvalue weighted by atomic mass is 32.1. The van der Waals surface area contributed by atoms with E-state index >= 15 is 0 Å². The molecule has 1 aliphatic heterocycles. The number of urea groups is 1. The van der Waals surface area contributed by atoms with Gasteiger partial charge >= 0.3 is 6.03 Å². The Morgan fingerprint density at radius 3 is 2.88 bits per heavy atom. The Labute approximate surface area is 145 Å². The molecule has 1 saturated heterocycles. The fraction of sp³-hybridized carbons (Fsp3) is 0.333. The molecule has 2 amide bonds. The molecule has 2 aromatic rings. The zero-order chi connectivity index (χ0) is 16.8. The number of nitrogens with one attached hydrogen (secondary N) is 2. The van der Waals surface area contributed by atoms with Gasteiger partial charge < -0.3 is 10.6 Å². The highest BCUT2D eigenvalue weighted by molar-refractivity contribution is 7.08. The van der Waals surface area contributed by atoms with Crippen LogP contribution in [0.1, 0.15) is 24.0 Å². The lowest BCUT2D eigenvalue weighted by molar-refractivity contribution is 0.190. The standard InChI is InChI=1S/C18H20N4OS/c19-11-14-2-1-3-15(10-14)12-22-7-4-16(5-8-22)20-18(23)21-17-6-9-24-13-17/h1-3,6,9-10,13,16H,4-5,7-8,12H2,(H2,20,21,23). The Balaban J connectivity index is 1.44. The van der Waals surface area contributed by atoms with Gasteiger partial charge in [-0.1, -0.05) is 12.1 Å². The van der Waals surface area contributed by atoms with Crippen molar-refractivity contribution in [1.29, 1.82) is 5.26 Å². The minimum Gasteiger partial charge on any atom is -0.335 e. The summed E-state index contributed by atoms with van der Waals surface area (Å²) in [6.07, 6.45) is 1.88. The van der Waals surface area contributed by atoms with E-state index in [0.717, 1.165) is 43.7 Å². The van der Waals surface area contributed by atoms with E-state index in [1.165, 1.54) is 0 Å². The maximum Gasteiger partial charge on any atom is 0.319 e. The van der Waals surface area contributed by atoms with Gasteiger partial charge in [0.15, 0.2) is 0 Å². The summed E-state index contributed by atoms with van der Waals surface area (Å²) in [7, 11) is 0. The summed E-state index contributed by atoms with van der Waals surface area (Å²) in [5, 5.41) is 18.7. The molecule has 24 heavy (non-hydrogen) atoms. The Bertz CT molecular complexity index is 715. The predicted octanol–water partition coefficient (Wildman–Crippen LogP) is 3.41. The summed E-state index contributed by atoms with van der Waals surface area (Å²) < 4.78 is 0. The van der Waals surface area contributed by atoms with Crippen LogP contribution in [0.15, 0.2) is 41.1 Å². The van der Waals surface area contributed by atoms with E-state index in [9.17, 15) is 4.79 Å². The summed E-state index contributed by atoms with van der Waals surface area (Å²) in [5.41, 5.74) is 2.71. The molecule has 1 fully saturated rings. The minimum absolute atomic E-state index is 0.131. The van der Waals surface area contributed by atoms with E-state index in [4.69, 9.17) is 5.26 Å². The number of hydrogen-bond donors (Lipinski definition) is 2. The molecule has 1 aromatic carbocycles. The monoisotopic (exact) mass is 340 g/mol. The molecule has 0 spiro atoms. The van der Waals surface area contributed by atoms with Crippen molar-refractivity contribution in [1.82, 2.24) is 10.2 Å². The van der Waals surface area contributed by atoms with E-state index < -0.39 is 0 Å². The number of benzene rings is 1. The van der Waals surface area contributed by atoms with E-state index in [2.05, 4.69) is 27.7 Å². The van der Waals surface area contributed by atoms with Crippen LogP contribution in [0, 0.1) is 11.3 Å². The molecule has 0 unspecified atom stereocenters. The number of amides is 2. The smallest absolute Gasteiger partial charge is 0.319 e. The number of carbonyl (C=O) groups excluding carboxylic acids is 1. The molecule has 5 nitrogen and oxygen atoms in total. The fourth-order valence-electron chi connectivity index (χ4n) is 2.92. The van der Waals surface area contributed by atoms with Crippen molar-refractivity contribution >= 4 is 23.1 Å². The topological polar surface area (TPSA) is 68.2 Å². The number of thiophene rings is 1. The van der Waals surface area contributed by atoms with Crippen LogP contribution in [0.25, 0.3) is 0 Å². The van der Waals surface area contributed by atoms with Crippen LogP contribution in [0.4, 0.5) is 10.5 Å². The van der Waals surface area contributed by atoms with Gasteiger partial charge in [-0.3, -0.25) is 4.90 Å². The second-order valence-electron chi connectivity index (χ2n) is 5.97. The third kappa shape index (κ3) is 4.57. The van der Waals surface area contributed by atoms with Crippen LogP contribution in [-0.2, 0) is 6.54 Å². The lowest BCUT2D eigenvalue weighted by atomic mass is 10.0. The third-order valence-electron chi connectivity index (χ3n) is 4.16. The number of anilines is 1. The molecule has 2 heterocycles. The van der Waals surface area contributed by atoms with Crippen LogP contribution in [0.5, 0.6) is 0 Å². The van der Waals surface area contributed by atoms with Crippen molar-refractivity contribution in [2.45, 2.75) is 25.4 Å². The molecular formula is C18H20N4OS. The number of likely N-dealkylation sites (tertiary alicyclic amines) is 1. The lowest BCUT2D eigenvalue weighted by Crippen LogP contribution is -2.45. The summed E-state index contributed by atoms with van der Waals surface area (Å²) in [6, 6.07) is 11.9. The van der Waals surface area contributed by atoms with E-state index in [0.29, 0.717) is 5.56 Å². The first kappa shape index (κ1) is 16.5. The summed E-state index contributed by atoms with van der Waals surface area (Å²) in [5.74, 6) is 0. The number of nitriles is 1. The molecule has 0 atom stereocenters. The van der Waals surface area contributed by atoms with Crippen molar-refractivity contribution < 1.29 is 4.79 Å². The van der Waals surface area contributed by atoms with E-state index in [1.807, 2.05) is 35.0 Å². The van der Waals surface area contributed by atoms with E-state index in [1.54, 1.807) is 11.3 Å². The molecule has 124 valence electrons. The predicted molar refractivity (Wildman–Crippen MR) is 95.9 cm³/mol. The third-order valence-corrected chi connectivity index (χ3v) is 4.85. The Morgan fingerprint density at radius 2 is 2.17 bits per heavy atom. The largest absolute Gasteiger partial charge is 0.335 e. The van der Waals surface area contributed by atoms with Crippen LogP contribution < -0.4 is 10.6 Å². The molecule has 3 rings (SSSR count). The molecule has 1 aliphatic rings. The van der Waals surface area contributed by atoms with Gasteiger partial charge in [0.1, 0.15) is 0 Å². The van der Waals surface area contributed by atoms with Crippen molar-refractivity contribution in [3.8, 4) is 6.07 Å². The molecule has 6 heteroatoms. The number of piperidine rings is 1. The average Bonchev–Trinajstić information content (AvgIpc) is 3.09. The molecule has 0 aliphatic carbocycles. The van der Waals surface area contributed by atoms with E-state index in [-0.39, 0.29) is 12.1 Å². The zero-order valence-electron chi connectivity index (χ0n) is 13.4. The normalized spacial score (nSPS) is 15.6. The number of nitrogens with zero attached hydrogens (tertiary/aromatic N) is 2. The SMILES string of the molecule is N#Cc1cccc(CN2CCC(NC(=O)Nc3ccsc3)CC2)c1. The van der Waals surface area contributed by atoms with Crippen molar-refractivity contribution in [3.05, 3.63) is 52.2 Å². The van der Waals surface area contributed by atoms with Gasteiger partial charge in [-0.2, -0.15) is 16.6 Å². The maximum atomic E-state index is 12.0. The number of hydrogen-bond acceptors (Lipinski definition) is 4. The van der Waals surface area contributed by atoms with Crippen molar-refractivity contribution in [2.75, 3.05) is 18.4 Å².